The number of aromatic nitrogens is 2. The van der Waals surface area contributed by atoms with Crippen LogP contribution in [0.15, 0.2) is 24.3 Å². The van der Waals surface area contributed by atoms with Gasteiger partial charge >= 0.3 is 0 Å². The standard InChI is InChI=1S/C15H16FN3O/c1-17-14-8-12(18-15(19-14)9-3-4-9)11-7-10(16)5-6-13(11)20-2/h5-9H,3-4H2,1-2H3,(H,17,18,19). The van der Waals surface area contributed by atoms with E-state index in [4.69, 9.17) is 4.74 Å². The van der Waals surface area contributed by atoms with Gasteiger partial charge < -0.3 is 10.1 Å². The van der Waals surface area contributed by atoms with E-state index in [1.807, 2.05) is 13.1 Å². The van der Waals surface area contributed by atoms with E-state index in [2.05, 4.69) is 15.3 Å². The highest BCUT2D eigenvalue weighted by Crippen LogP contribution is 2.40. The number of anilines is 1. The smallest absolute Gasteiger partial charge is 0.134 e. The molecule has 0 atom stereocenters. The molecule has 3 rings (SSSR count). The number of benzene rings is 1. The molecule has 1 aromatic heterocycles. The SMILES string of the molecule is CNc1cc(-c2cc(F)ccc2OC)nc(C2CC2)n1. The summed E-state index contributed by atoms with van der Waals surface area (Å²) in [5.41, 5.74) is 1.33. The summed E-state index contributed by atoms with van der Waals surface area (Å²) in [4.78, 5) is 9.03. The Hall–Kier alpha value is -2.17. The molecule has 0 saturated heterocycles. The normalized spacial score (nSPS) is 14.2. The fourth-order valence-corrected chi connectivity index (χ4v) is 2.14. The maximum absolute atomic E-state index is 13.5. The van der Waals surface area contributed by atoms with Gasteiger partial charge in [-0.3, -0.25) is 0 Å². The first-order valence-corrected chi connectivity index (χ1v) is 6.62. The number of halogens is 1. The molecule has 0 radical (unpaired) electrons. The molecule has 4 nitrogen and oxygen atoms in total. The summed E-state index contributed by atoms with van der Waals surface area (Å²) in [6.45, 7) is 0. The van der Waals surface area contributed by atoms with Gasteiger partial charge in [0.05, 0.1) is 12.8 Å². The Balaban J connectivity index is 2.13. The number of rotatable bonds is 4. The van der Waals surface area contributed by atoms with Gasteiger partial charge in [0.15, 0.2) is 0 Å². The van der Waals surface area contributed by atoms with Crippen LogP contribution in [0.4, 0.5) is 10.2 Å². The largest absolute Gasteiger partial charge is 0.496 e. The van der Waals surface area contributed by atoms with E-state index in [1.165, 1.54) is 12.1 Å². The van der Waals surface area contributed by atoms with E-state index >= 15 is 0 Å². The van der Waals surface area contributed by atoms with Gasteiger partial charge in [0.2, 0.25) is 0 Å². The van der Waals surface area contributed by atoms with Crippen molar-refractivity contribution >= 4 is 5.82 Å². The molecule has 0 unspecified atom stereocenters. The minimum atomic E-state index is -0.307. The zero-order chi connectivity index (χ0) is 14.1. The monoisotopic (exact) mass is 273 g/mol. The second kappa shape index (κ2) is 5.07. The summed E-state index contributed by atoms with van der Waals surface area (Å²) in [5, 5.41) is 3.03. The summed E-state index contributed by atoms with van der Waals surface area (Å²) >= 11 is 0. The highest BCUT2D eigenvalue weighted by atomic mass is 19.1. The van der Waals surface area contributed by atoms with Crippen molar-refractivity contribution in [3.05, 3.63) is 35.9 Å². The van der Waals surface area contributed by atoms with Crippen molar-refractivity contribution in [1.29, 1.82) is 0 Å². The zero-order valence-corrected chi connectivity index (χ0v) is 11.5. The van der Waals surface area contributed by atoms with Crippen LogP contribution in [0, 0.1) is 5.82 Å². The molecule has 1 N–H and O–H groups in total. The minimum Gasteiger partial charge on any atom is -0.496 e. The Morgan fingerprint density at radius 3 is 2.70 bits per heavy atom. The van der Waals surface area contributed by atoms with Crippen LogP contribution in [-0.4, -0.2) is 24.1 Å². The van der Waals surface area contributed by atoms with Crippen molar-refractivity contribution in [2.24, 2.45) is 0 Å². The van der Waals surface area contributed by atoms with Gasteiger partial charge in [0, 0.05) is 24.6 Å². The maximum Gasteiger partial charge on any atom is 0.134 e. The van der Waals surface area contributed by atoms with Crippen LogP contribution in [0.5, 0.6) is 5.75 Å². The highest BCUT2D eigenvalue weighted by molar-refractivity contribution is 5.69. The quantitative estimate of drug-likeness (QED) is 0.929. The molecule has 104 valence electrons. The second-order valence-corrected chi connectivity index (χ2v) is 4.87. The summed E-state index contributed by atoms with van der Waals surface area (Å²) in [6.07, 6.45) is 2.24. The van der Waals surface area contributed by atoms with Gasteiger partial charge in [0.1, 0.15) is 23.2 Å². The van der Waals surface area contributed by atoms with Gasteiger partial charge in [-0.15, -0.1) is 0 Å². The Bertz CT molecular complexity index is 641. The molecule has 0 spiro atoms. The molecular weight excluding hydrogens is 257 g/mol. The predicted molar refractivity (Wildman–Crippen MR) is 75.5 cm³/mol. The van der Waals surface area contributed by atoms with Gasteiger partial charge in [-0.25, -0.2) is 14.4 Å². The van der Waals surface area contributed by atoms with Crippen molar-refractivity contribution in [1.82, 2.24) is 9.97 Å². The van der Waals surface area contributed by atoms with Crippen LogP contribution in [0.25, 0.3) is 11.3 Å². The lowest BCUT2D eigenvalue weighted by Crippen LogP contribution is -2.01. The van der Waals surface area contributed by atoms with E-state index in [0.29, 0.717) is 22.9 Å². The number of ether oxygens (including phenoxy) is 1. The Labute approximate surface area is 117 Å². The van der Waals surface area contributed by atoms with E-state index in [0.717, 1.165) is 24.5 Å². The van der Waals surface area contributed by atoms with Gasteiger partial charge in [-0.2, -0.15) is 0 Å². The van der Waals surface area contributed by atoms with Gasteiger partial charge in [-0.1, -0.05) is 0 Å². The maximum atomic E-state index is 13.5. The third kappa shape index (κ3) is 2.43. The molecule has 2 aromatic rings. The molecule has 20 heavy (non-hydrogen) atoms. The van der Waals surface area contributed by atoms with Crippen LogP contribution < -0.4 is 10.1 Å². The Morgan fingerprint density at radius 2 is 2.05 bits per heavy atom. The lowest BCUT2D eigenvalue weighted by atomic mass is 10.1. The average Bonchev–Trinajstić information content (AvgIpc) is 3.31. The predicted octanol–water partition coefficient (Wildman–Crippen LogP) is 3.21. The van der Waals surface area contributed by atoms with Crippen LogP contribution in [0.2, 0.25) is 0 Å². The second-order valence-electron chi connectivity index (χ2n) is 4.87. The molecule has 5 heteroatoms. The highest BCUT2D eigenvalue weighted by Gasteiger charge is 2.27. The summed E-state index contributed by atoms with van der Waals surface area (Å²) in [6, 6.07) is 6.24. The fraction of sp³-hybridized carbons (Fsp3) is 0.333. The molecule has 1 saturated carbocycles. The van der Waals surface area contributed by atoms with Gasteiger partial charge in [0.25, 0.3) is 0 Å². The summed E-state index contributed by atoms with van der Waals surface area (Å²) in [7, 11) is 3.38. The number of nitrogens with zero attached hydrogens (tertiary/aromatic N) is 2. The molecule has 1 fully saturated rings. The van der Waals surface area contributed by atoms with Crippen molar-refractivity contribution in [2.75, 3.05) is 19.5 Å². The van der Waals surface area contributed by atoms with E-state index < -0.39 is 0 Å². The number of hydrogen-bond acceptors (Lipinski definition) is 4. The summed E-state index contributed by atoms with van der Waals surface area (Å²) < 4.78 is 18.8. The lowest BCUT2D eigenvalue weighted by molar-refractivity contribution is 0.415. The van der Waals surface area contributed by atoms with E-state index in [9.17, 15) is 4.39 Å². The molecule has 1 aliphatic carbocycles. The first-order chi connectivity index (χ1) is 9.71. The third-order valence-electron chi connectivity index (χ3n) is 3.38. The zero-order valence-electron chi connectivity index (χ0n) is 11.5. The molecule has 1 heterocycles. The average molecular weight is 273 g/mol. The van der Waals surface area contributed by atoms with Gasteiger partial charge in [-0.05, 0) is 31.0 Å². The van der Waals surface area contributed by atoms with Crippen LogP contribution in [0.1, 0.15) is 24.6 Å². The lowest BCUT2D eigenvalue weighted by Gasteiger charge is -2.11. The van der Waals surface area contributed by atoms with Crippen molar-refractivity contribution in [3.8, 4) is 17.0 Å². The summed E-state index contributed by atoms with van der Waals surface area (Å²) in [5.74, 6) is 2.29. The van der Waals surface area contributed by atoms with Crippen molar-refractivity contribution in [2.45, 2.75) is 18.8 Å². The molecule has 0 bridgehead atoms. The minimum absolute atomic E-state index is 0.307. The van der Waals surface area contributed by atoms with E-state index in [1.54, 1.807) is 13.2 Å². The van der Waals surface area contributed by atoms with Crippen LogP contribution in [-0.2, 0) is 0 Å². The van der Waals surface area contributed by atoms with Crippen LogP contribution in [0.3, 0.4) is 0 Å². The number of methoxy groups -OCH3 is 1. The number of hydrogen-bond donors (Lipinski definition) is 1. The van der Waals surface area contributed by atoms with Crippen LogP contribution >= 0.6 is 0 Å². The first-order valence-electron chi connectivity index (χ1n) is 6.62. The van der Waals surface area contributed by atoms with Crippen molar-refractivity contribution < 1.29 is 9.13 Å². The molecule has 0 aliphatic heterocycles. The molecule has 1 aromatic carbocycles. The molecule has 1 aliphatic rings. The Morgan fingerprint density at radius 1 is 1.25 bits per heavy atom. The number of nitrogens with one attached hydrogen (secondary N) is 1. The third-order valence-corrected chi connectivity index (χ3v) is 3.38. The molecular formula is C15H16FN3O. The Kier molecular flexibility index (Phi) is 3.26. The molecule has 0 amide bonds. The first kappa shape index (κ1) is 12.8. The van der Waals surface area contributed by atoms with Crippen molar-refractivity contribution in [3.63, 3.8) is 0 Å². The topological polar surface area (TPSA) is 47.0 Å². The fourth-order valence-electron chi connectivity index (χ4n) is 2.14. The van der Waals surface area contributed by atoms with E-state index in [-0.39, 0.29) is 5.82 Å².